The van der Waals surface area contributed by atoms with E-state index >= 15 is 0 Å². The summed E-state index contributed by atoms with van der Waals surface area (Å²) in [6, 6.07) is 4.84. The molecule has 0 bridgehead atoms. The number of hydrogen-bond donors (Lipinski definition) is 1. The monoisotopic (exact) mass is 692 g/mol. The second-order valence-corrected chi connectivity index (χ2v) is 14.2. The summed E-state index contributed by atoms with van der Waals surface area (Å²) in [6.07, 6.45) is 8.72. The van der Waals surface area contributed by atoms with Crippen molar-refractivity contribution in [3.63, 3.8) is 0 Å². The van der Waals surface area contributed by atoms with E-state index in [1.807, 2.05) is 29.7 Å². The van der Waals surface area contributed by atoms with Crippen molar-refractivity contribution < 1.29 is 23.9 Å². The van der Waals surface area contributed by atoms with E-state index in [2.05, 4.69) is 30.4 Å². The van der Waals surface area contributed by atoms with E-state index < -0.39 is 17.7 Å². The van der Waals surface area contributed by atoms with Crippen molar-refractivity contribution in [2.45, 2.75) is 70.9 Å². The fraction of sp³-hybridized carbons (Fsp3) is 0.412. The first kappa shape index (κ1) is 32.2. The first-order valence-corrected chi connectivity index (χ1v) is 16.7. The summed E-state index contributed by atoms with van der Waals surface area (Å²) in [7, 11) is 1.46. The minimum absolute atomic E-state index is 0.0800. The molecule has 2 atom stereocenters. The molecule has 5 aromatic heterocycles. The van der Waals surface area contributed by atoms with Crippen molar-refractivity contribution in [1.29, 1.82) is 0 Å². The molecule has 17 heteroatoms. The van der Waals surface area contributed by atoms with Crippen LogP contribution in [0.3, 0.4) is 0 Å². The number of likely N-dealkylation sites (N-methyl/N-ethyl adjacent to an activating group) is 1. The fourth-order valence-electron chi connectivity index (χ4n) is 6.26. The van der Waals surface area contributed by atoms with Crippen LogP contribution in [0.5, 0.6) is 0 Å². The summed E-state index contributed by atoms with van der Waals surface area (Å²) in [6.45, 7) is 6.99. The number of urea groups is 1. The van der Waals surface area contributed by atoms with Crippen LogP contribution >= 0.6 is 0 Å². The Morgan fingerprint density at radius 3 is 2.59 bits per heavy atom. The molecule has 8 rings (SSSR count). The third kappa shape index (κ3) is 6.19. The molecular formula is C34H36N12O5. The quantitative estimate of drug-likeness (QED) is 0.233. The van der Waals surface area contributed by atoms with Gasteiger partial charge in [0.15, 0.2) is 5.65 Å². The number of carbonyl (C=O) groups is 4. The third-order valence-corrected chi connectivity index (χ3v) is 9.09. The molecular weight excluding hydrogens is 656 g/mol. The molecule has 2 aliphatic carbocycles. The molecule has 3 fully saturated rings. The number of imide groups is 1. The largest absolute Gasteiger partial charge is 0.443 e. The van der Waals surface area contributed by atoms with Crippen LogP contribution in [0.1, 0.15) is 74.6 Å². The van der Waals surface area contributed by atoms with E-state index in [1.54, 1.807) is 39.2 Å². The maximum Gasteiger partial charge on any atom is 0.416 e. The molecule has 51 heavy (non-hydrogen) atoms. The molecule has 5 amide bonds. The summed E-state index contributed by atoms with van der Waals surface area (Å²) in [4.78, 5) is 79.2. The van der Waals surface area contributed by atoms with Gasteiger partial charge in [-0.2, -0.15) is 19.6 Å². The van der Waals surface area contributed by atoms with Gasteiger partial charge >= 0.3 is 12.1 Å². The second kappa shape index (κ2) is 11.8. The van der Waals surface area contributed by atoms with Gasteiger partial charge in [-0.1, -0.05) is 0 Å². The average Bonchev–Trinajstić information content (AvgIpc) is 3.97. The van der Waals surface area contributed by atoms with Crippen LogP contribution in [-0.2, 0) is 20.9 Å². The lowest BCUT2D eigenvalue weighted by Gasteiger charge is -2.27. The first-order valence-electron chi connectivity index (χ1n) is 16.7. The number of hydrogen-bond acceptors (Lipinski definition) is 11. The van der Waals surface area contributed by atoms with Crippen LogP contribution < -0.4 is 15.1 Å². The lowest BCUT2D eigenvalue weighted by Crippen LogP contribution is -2.38. The minimum atomic E-state index is -0.848. The molecule has 0 radical (unpaired) electrons. The molecule has 17 nitrogen and oxygen atoms in total. The van der Waals surface area contributed by atoms with E-state index in [1.165, 1.54) is 27.7 Å². The van der Waals surface area contributed by atoms with Crippen molar-refractivity contribution in [1.82, 2.24) is 43.8 Å². The number of aryl methyl sites for hydroxylation is 1. The molecule has 0 spiro atoms. The zero-order valence-electron chi connectivity index (χ0n) is 28.8. The fourth-order valence-corrected chi connectivity index (χ4v) is 6.26. The number of imidazole rings is 1. The Labute approximate surface area is 291 Å². The Balaban J connectivity index is 1.15. The lowest BCUT2D eigenvalue weighted by molar-refractivity contribution is -0.124. The zero-order chi connectivity index (χ0) is 35.8. The normalized spacial score (nSPS) is 18.9. The number of rotatable bonds is 8. The van der Waals surface area contributed by atoms with Crippen molar-refractivity contribution in [3.8, 4) is 0 Å². The number of aromatic nitrogens is 8. The molecule has 0 unspecified atom stereocenters. The summed E-state index contributed by atoms with van der Waals surface area (Å²) in [5, 5.41) is 7.20. The molecule has 5 aromatic rings. The smallest absolute Gasteiger partial charge is 0.416 e. The highest BCUT2D eigenvalue weighted by Gasteiger charge is 2.46. The Morgan fingerprint density at radius 2 is 1.88 bits per heavy atom. The third-order valence-electron chi connectivity index (χ3n) is 9.09. The molecule has 262 valence electrons. The minimum Gasteiger partial charge on any atom is -0.443 e. The predicted molar refractivity (Wildman–Crippen MR) is 182 cm³/mol. The summed E-state index contributed by atoms with van der Waals surface area (Å²) in [5.41, 5.74) is 2.45. The number of amides is 5. The molecule has 0 aromatic carbocycles. The Hall–Kier alpha value is -6.00. The van der Waals surface area contributed by atoms with E-state index in [-0.39, 0.29) is 54.2 Å². The molecule has 1 aliphatic heterocycles. The number of nitrogens with one attached hydrogen (secondary N) is 1. The lowest BCUT2D eigenvalue weighted by atomic mass is 10.1. The molecule has 6 heterocycles. The van der Waals surface area contributed by atoms with Gasteiger partial charge < -0.3 is 14.5 Å². The second-order valence-electron chi connectivity index (χ2n) is 14.2. The van der Waals surface area contributed by atoms with Gasteiger partial charge in [0.2, 0.25) is 11.8 Å². The predicted octanol–water partition coefficient (Wildman–Crippen LogP) is 3.83. The standard InChI is InChI=1S/C34H36N12O5/c1-18-8-9-35-28(38-18)22-11-23(22)30(48)40-25-12-26(46-31(41-25)36-17-37-46)45(33(50)51-34(2,3)4)15-21-14-43-13-20(19-6-7-19)10-24(29(43)39-21)44-16-27(47)42(5)32(44)49/h8-10,12-14,17,19,22-23H,6-7,11,15-16H2,1-5H3,(H,36,37,40,41,48)/t22-,23-/m0/s1. The van der Waals surface area contributed by atoms with E-state index in [4.69, 9.17) is 9.72 Å². The SMILES string of the molecule is Cc1ccnc([C@H]2C[C@@H]2C(=O)Nc2cc(N(Cc3cn4cc(C5CC5)cc(N5CC(=O)N(C)C5=O)c4n3)C(=O)OC(C)(C)C)n3ncnc3n2)n1. The topological polar surface area (TPSA) is 185 Å². The number of pyridine rings is 1. The van der Waals surface area contributed by atoms with Gasteiger partial charge in [0, 0.05) is 49.2 Å². The van der Waals surface area contributed by atoms with Crippen molar-refractivity contribution >= 4 is 52.7 Å². The molecule has 1 N–H and O–H groups in total. The summed E-state index contributed by atoms with van der Waals surface area (Å²) < 4.78 is 9.06. The van der Waals surface area contributed by atoms with Gasteiger partial charge in [0.25, 0.3) is 5.78 Å². The highest BCUT2D eigenvalue weighted by atomic mass is 16.6. The van der Waals surface area contributed by atoms with Crippen LogP contribution in [-0.4, -0.2) is 87.0 Å². The molecule has 2 saturated carbocycles. The van der Waals surface area contributed by atoms with Gasteiger partial charge in [0.05, 0.1) is 17.9 Å². The van der Waals surface area contributed by atoms with E-state index in [9.17, 15) is 19.2 Å². The van der Waals surface area contributed by atoms with Crippen LogP contribution in [0, 0.1) is 12.8 Å². The van der Waals surface area contributed by atoms with Gasteiger partial charge in [-0.25, -0.2) is 24.5 Å². The van der Waals surface area contributed by atoms with Crippen LogP contribution in [0.25, 0.3) is 11.4 Å². The van der Waals surface area contributed by atoms with Gasteiger partial charge in [-0.15, -0.1) is 0 Å². The van der Waals surface area contributed by atoms with Crippen molar-refractivity contribution in [2.24, 2.45) is 5.92 Å². The maximum absolute atomic E-state index is 14.0. The Bertz CT molecular complexity index is 2250. The number of fused-ring (bicyclic) bond motifs is 2. The van der Waals surface area contributed by atoms with Gasteiger partial charge in [-0.3, -0.25) is 24.3 Å². The van der Waals surface area contributed by atoms with Crippen LogP contribution in [0.4, 0.5) is 26.9 Å². The molecule has 3 aliphatic rings. The van der Waals surface area contributed by atoms with Gasteiger partial charge in [-0.05, 0) is 70.6 Å². The Kier molecular flexibility index (Phi) is 7.46. The number of ether oxygens (including phenoxy) is 1. The number of carbonyl (C=O) groups excluding carboxylic acids is 4. The number of anilines is 3. The van der Waals surface area contributed by atoms with Crippen molar-refractivity contribution in [2.75, 3.05) is 28.7 Å². The van der Waals surface area contributed by atoms with E-state index in [0.29, 0.717) is 35.2 Å². The Morgan fingerprint density at radius 1 is 1.08 bits per heavy atom. The maximum atomic E-state index is 14.0. The van der Waals surface area contributed by atoms with Gasteiger partial charge in [0.1, 0.15) is 35.9 Å². The summed E-state index contributed by atoms with van der Waals surface area (Å²) >= 11 is 0. The average molecular weight is 693 g/mol. The number of nitrogens with zero attached hydrogens (tertiary/aromatic N) is 11. The van der Waals surface area contributed by atoms with E-state index in [0.717, 1.165) is 29.0 Å². The van der Waals surface area contributed by atoms with Crippen LogP contribution in [0.2, 0.25) is 0 Å². The summed E-state index contributed by atoms with van der Waals surface area (Å²) in [5.74, 6) is 0.533. The van der Waals surface area contributed by atoms with Crippen LogP contribution in [0.15, 0.2) is 43.1 Å². The zero-order valence-corrected chi connectivity index (χ0v) is 28.8. The highest BCUT2D eigenvalue weighted by molar-refractivity contribution is 6.13. The molecule has 1 saturated heterocycles. The highest BCUT2D eigenvalue weighted by Crippen LogP contribution is 2.46. The first-order chi connectivity index (χ1) is 24.3. The van der Waals surface area contributed by atoms with Crippen molar-refractivity contribution in [3.05, 3.63) is 65.9 Å².